The number of aromatic nitrogens is 1. The van der Waals surface area contributed by atoms with E-state index in [4.69, 9.17) is 0 Å². The molecule has 2 aromatic rings. The maximum absolute atomic E-state index is 12.6. The summed E-state index contributed by atoms with van der Waals surface area (Å²) in [5.74, 6) is -0.136. The minimum Gasteiger partial charge on any atom is -0.372 e. The van der Waals surface area contributed by atoms with Crippen LogP contribution in [0.3, 0.4) is 0 Å². The average molecular weight is 471 g/mol. The highest BCUT2D eigenvalue weighted by atomic mass is 16.1. The van der Waals surface area contributed by atoms with Gasteiger partial charge in [0.2, 0.25) is 0 Å². The van der Waals surface area contributed by atoms with E-state index in [0.717, 1.165) is 28.8 Å². The number of piperidine rings is 1. The van der Waals surface area contributed by atoms with E-state index in [0.29, 0.717) is 6.42 Å². The fourth-order valence-electron chi connectivity index (χ4n) is 4.67. The number of hydrogen-bond acceptors (Lipinski definition) is 3. The lowest BCUT2D eigenvalue weighted by Crippen LogP contribution is -2.29. The number of hydrogen-bond donors (Lipinski definition) is 0. The van der Waals surface area contributed by atoms with Crippen molar-refractivity contribution in [1.82, 2.24) is 4.98 Å². The van der Waals surface area contributed by atoms with Gasteiger partial charge in [-0.1, -0.05) is 62.4 Å². The van der Waals surface area contributed by atoms with E-state index in [1.54, 1.807) is 12.3 Å². The van der Waals surface area contributed by atoms with Crippen molar-refractivity contribution in [1.29, 1.82) is 0 Å². The van der Waals surface area contributed by atoms with E-state index in [9.17, 15) is 4.79 Å². The number of carbonyl (C=O) groups excluding carboxylic acids is 1. The highest BCUT2D eigenvalue weighted by Crippen LogP contribution is 2.29. The molecule has 3 nitrogen and oxygen atoms in total. The molecule has 2 aliphatic rings. The molecule has 1 fully saturated rings. The van der Waals surface area contributed by atoms with E-state index in [1.165, 1.54) is 49.2 Å². The molecule has 186 valence electrons. The molecule has 0 saturated carbocycles. The van der Waals surface area contributed by atoms with Crippen LogP contribution < -0.4 is 4.90 Å². The third-order valence-electron chi connectivity index (χ3n) is 6.77. The van der Waals surface area contributed by atoms with Gasteiger partial charge in [-0.3, -0.25) is 9.78 Å². The number of pyridine rings is 1. The zero-order chi connectivity index (χ0) is 25.2. The molecule has 0 spiro atoms. The quantitative estimate of drug-likeness (QED) is 0.435. The molecular formula is C32H42N2O. The number of aryl methyl sites for hydroxylation is 1. The zero-order valence-electron chi connectivity index (χ0n) is 21.9. The number of rotatable bonds is 6. The van der Waals surface area contributed by atoms with Crippen LogP contribution in [0.15, 0.2) is 90.2 Å². The normalized spacial score (nSPS) is 19.5. The Morgan fingerprint density at radius 3 is 2.51 bits per heavy atom. The van der Waals surface area contributed by atoms with Crippen molar-refractivity contribution in [2.45, 2.75) is 59.8 Å². The van der Waals surface area contributed by atoms with Crippen LogP contribution in [0.1, 0.15) is 58.3 Å². The fourth-order valence-corrected chi connectivity index (χ4v) is 4.67. The highest BCUT2D eigenvalue weighted by molar-refractivity contribution is 5.97. The van der Waals surface area contributed by atoms with Gasteiger partial charge in [-0.25, -0.2) is 0 Å². The summed E-state index contributed by atoms with van der Waals surface area (Å²) in [7, 11) is 0. The number of nitrogens with zero attached hydrogens (tertiary/aromatic N) is 2. The van der Waals surface area contributed by atoms with Crippen molar-refractivity contribution >= 4 is 11.5 Å². The minimum absolute atomic E-state index is 0. The van der Waals surface area contributed by atoms with Crippen molar-refractivity contribution in [2.24, 2.45) is 5.92 Å². The van der Waals surface area contributed by atoms with E-state index in [1.807, 2.05) is 39.0 Å². The number of allylic oxidation sites excluding steroid dienone is 7. The largest absolute Gasteiger partial charge is 0.372 e. The van der Waals surface area contributed by atoms with Gasteiger partial charge in [-0.15, -0.1) is 0 Å². The minimum atomic E-state index is -0.245. The number of benzene rings is 1. The topological polar surface area (TPSA) is 33.2 Å². The van der Waals surface area contributed by atoms with E-state index in [2.05, 4.69) is 59.8 Å². The second kappa shape index (κ2) is 13.0. The molecule has 1 aromatic carbocycles. The van der Waals surface area contributed by atoms with Gasteiger partial charge >= 0.3 is 0 Å². The van der Waals surface area contributed by atoms with Crippen molar-refractivity contribution < 1.29 is 6.22 Å². The first-order valence-electron chi connectivity index (χ1n) is 13.0. The van der Waals surface area contributed by atoms with Crippen molar-refractivity contribution in [3.8, 4) is 0 Å². The summed E-state index contributed by atoms with van der Waals surface area (Å²) in [6, 6.07) is 13.0. The average Bonchev–Trinajstić information content (AvgIpc) is 2.89. The SMILES string of the molecule is C=C1/C(=C\C=C(/C)Cc2ccc(N3CCCCC3)cc2)C=CC(=O)C1Cc1ncccc1C.CC.[HH]. The van der Waals surface area contributed by atoms with Gasteiger partial charge in [0.15, 0.2) is 5.78 Å². The second-order valence-corrected chi connectivity index (χ2v) is 9.31. The van der Waals surface area contributed by atoms with E-state index < -0.39 is 0 Å². The molecule has 4 rings (SSSR count). The Hall–Kier alpha value is -3.20. The lowest BCUT2D eigenvalue weighted by molar-refractivity contribution is -0.117. The molecule has 1 atom stereocenters. The summed E-state index contributed by atoms with van der Waals surface area (Å²) in [5.41, 5.74) is 7.91. The van der Waals surface area contributed by atoms with Crippen LogP contribution in [-0.4, -0.2) is 23.9 Å². The summed E-state index contributed by atoms with van der Waals surface area (Å²) in [4.78, 5) is 19.5. The molecule has 1 aliphatic carbocycles. The van der Waals surface area contributed by atoms with Crippen molar-refractivity contribution in [3.63, 3.8) is 0 Å². The highest BCUT2D eigenvalue weighted by Gasteiger charge is 2.26. The van der Waals surface area contributed by atoms with Crippen LogP contribution in [0.4, 0.5) is 5.69 Å². The Labute approximate surface area is 213 Å². The van der Waals surface area contributed by atoms with Gasteiger partial charge < -0.3 is 4.90 Å². The second-order valence-electron chi connectivity index (χ2n) is 9.31. The molecule has 0 amide bonds. The van der Waals surface area contributed by atoms with Crippen LogP contribution >= 0.6 is 0 Å². The van der Waals surface area contributed by atoms with Crippen molar-refractivity contribution in [2.75, 3.05) is 18.0 Å². The maximum atomic E-state index is 12.6. The van der Waals surface area contributed by atoms with Crippen LogP contribution in [0.2, 0.25) is 0 Å². The smallest absolute Gasteiger partial charge is 0.163 e. The Morgan fingerprint density at radius 1 is 1.11 bits per heavy atom. The fraction of sp³-hybridized carbons (Fsp3) is 0.375. The monoisotopic (exact) mass is 470 g/mol. The third-order valence-corrected chi connectivity index (χ3v) is 6.77. The van der Waals surface area contributed by atoms with Crippen LogP contribution in [0, 0.1) is 12.8 Å². The first kappa shape index (κ1) is 26.4. The third kappa shape index (κ3) is 7.14. The summed E-state index contributed by atoms with van der Waals surface area (Å²) < 4.78 is 0. The molecule has 1 saturated heterocycles. The molecule has 1 unspecified atom stereocenters. The van der Waals surface area contributed by atoms with Gasteiger partial charge in [0.05, 0.1) is 5.92 Å². The summed E-state index contributed by atoms with van der Waals surface area (Å²) >= 11 is 0. The Balaban J connectivity index is 0.00000148. The van der Waals surface area contributed by atoms with Gasteiger partial charge in [-0.2, -0.15) is 0 Å². The van der Waals surface area contributed by atoms with Gasteiger partial charge in [0.1, 0.15) is 0 Å². The van der Waals surface area contributed by atoms with Crippen LogP contribution in [0.5, 0.6) is 0 Å². The predicted octanol–water partition coefficient (Wildman–Crippen LogP) is 7.62. The van der Waals surface area contributed by atoms with E-state index >= 15 is 0 Å². The van der Waals surface area contributed by atoms with Crippen molar-refractivity contribution in [3.05, 3.63) is 107 Å². The van der Waals surface area contributed by atoms with Gasteiger partial charge in [0.25, 0.3) is 0 Å². The summed E-state index contributed by atoms with van der Waals surface area (Å²) in [6.45, 7) is 14.8. The Morgan fingerprint density at radius 2 is 1.83 bits per heavy atom. The molecule has 0 N–H and O–H groups in total. The van der Waals surface area contributed by atoms with Crippen LogP contribution in [0.25, 0.3) is 0 Å². The molecule has 0 radical (unpaired) electrons. The Bertz CT molecular complexity index is 1110. The maximum Gasteiger partial charge on any atom is 0.163 e. The molecule has 2 heterocycles. The number of ketones is 1. The summed E-state index contributed by atoms with van der Waals surface area (Å²) in [5, 5.41) is 0. The Kier molecular flexibility index (Phi) is 9.84. The number of anilines is 1. The zero-order valence-corrected chi connectivity index (χ0v) is 21.9. The number of carbonyl (C=O) groups is 1. The lowest BCUT2D eigenvalue weighted by Gasteiger charge is -2.28. The van der Waals surface area contributed by atoms with Crippen LogP contribution in [-0.2, 0) is 17.6 Å². The van der Waals surface area contributed by atoms with Gasteiger partial charge in [0, 0.05) is 38.5 Å². The predicted molar refractivity (Wildman–Crippen MR) is 151 cm³/mol. The van der Waals surface area contributed by atoms with Gasteiger partial charge in [-0.05, 0) is 86.1 Å². The molecule has 1 aliphatic heterocycles. The lowest BCUT2D eigenvalue weighted by atomic mass is 9.81. The standard InChI is InChI=1S/C30H34N2O.C2H6.H2/c1-22(20-25-10-14-27(15-11-25)32-18-5-4-6-19-32)9-12-26-13-16-30(33)28(24(26)3)21-29-23(2)8-7-17-31-29;1-2;/h7-17,28H,3-6,18-21H2,1-2H3;1-2H3;1H/b22-9+,26-12-;;. The first-order valence-corrected chi connectivity index (χ1v) is 13.0. The van der Waals surface area contributed by atoms with E-state index in [-0.39, 0.29) is 13.1 Å². The molecule has 0 bridgehead atoms. The molecule has 3 heteroatoms. The molecule has 35 heavy (non-hydrogen) atoms. The summed E-state index contributed by atoms with van der Waals surface area (Å²) in [6.07, 6.45) is 15.1. The first-order chi connectivity index (χ1) is 17.0. The molecular weight excluding hydrogens is 428 g/mol. The molecule has 1 aromatic heterocycles.